The number of aliphatic carboxylic acids is 1. The lowest BCUT2D eigenvalue weighted by atomic mass is 10.0. The highest BCUT2D eigenvalue weighted by molar-refractivity contribution is 5.74. The fourth-order valence-corrected chi connectivity index (χ4v) is 1.79. The maximum atomic E-state index is 11.5. The number of carboxylic acid groups (broad SMARTS) is 1. The lowest BCUT2D eigenvalue weighted by Crippen LogP contribution is -2.39. The Morgan fingerprint density at radius 3 is 2.58 bits per heavy atom. The number of hydrogen-bond acceptors (Lipinski definition) is 3. The van der Waals surface area contributed by atoms with E-state index < -0.39 is 5.97 Å². The highest BCUT2D eigenvalue weighted by Gasteiger charge is 2.19. The number of carboxylic acids is 1. The van der Waals surface area contributed by atoms with Crippen LogP contribution in [0.3, 0.4) is 0 Å². The van der Waals surface area contributed by atoms with Gasteiger partial charge in [0.05, 0.1) is 0 Å². The normalized spacial score (nSPS) is 15.8. The first-order valence-corrected chi connectivity index (χ1v) is 7.08. The predicted octanol–water partition coefficient (Wildman–Crippen LogP) is 0.929. The fraction of sp³-hybridized carbons (Fsp3) is 0.846. The quantitative estimate of drug-likeness (QED) is 0.445. The molecule has 1 saturated carbocycles. The maximum Gasteiger partial charge on any atom is 0.314 e. The van der Waals surface area contributed by atoms with E-state index in [0.29, 0.717) is 19.1 Å². The zero-order chi connectivity index (χ0) is 14.1. The third-order valence-corrected chi connectivity index (χ3v) is 3.24. The van der Waals surface area contributed by atoms with Crippen molar-refractivity contribution in [2.75, 3.05) is 19.6 Å². The Balaban J connectivity index is 1.97. The van der Waals surface area contributed by atoms with Crippen LogP contribution in [-0.4, -0.2) is 42.8 Å². The second-order valence-corrected chi connectivity index (χ2v) is 5.09. The summed E-state index contributed by atoms with van der Waals surface area (Å²) in [5.74, 6) is -0.819. The number of hydrogen-bond donors (Lipinski definition) is 4. The first kappa shape index (κ1) is 15.8. The van der Waals surface area contributed by atoms with Crippen LogP contribution in [0.5, 0.6) is 0 Å². The van der Waals surface area contributed by atoms with Crippen molar-refractivity contribution in [1.82, 2.24) is 16.0 Å². The van der Waals surface area contributed by atoms with Gasteiger partial charge in [-0.05, 0) is 31.7 Å². The van der Waals surface area contributed by atoms with Gasteiger partial charge >= 0.3 is 12.0 Å². The van der Waals surface area contributed by atoms with Gasteiger partial charge in [-0.3, -0.25) is 4.79 Å². The van der Waals surface area contributed by atoms with Gasteiger partial charge in [0.25, 0.3) is 0 Å². The summed E-state index contributed by atoms with van der Waals surface area (Å²) in [5, 5.41) is 17.6. The summed E-state index contributed by atoms with van der Waals surface area (Å²) in [6, 6.07) is 0.491. The monoisotopic (exact) mass is 271 g/mol. The summed E-state index contributed by atoms with van der Waals surface area (Å²) in [7, 11) is 0. The van der Waals surface area contributed by atoms with Crippen molar-refractivity contribution in [1.29, 1.82) is 0 Å². The highest BCUT2D eigenvalue weighted by atomic mass is 16.4. The molecular weight excluding hydrogens is 246 g/mol. The van der Waals surface area contributed by atoms with Crippen LogP contribution >= 0.6 is 0 Å². The lowest BCUT2D eigenvalue weighted by molar-refractivity contribution is -0.138. The molecule has 0 spiro atoms. The zero-order valence-corrected chi connectivity index (χ0v) is 11.6. The molecule has 1 aliphatic carbocycles. The van der Waals surface area contributed by atoms with E-state index in [0.717, 1.165) is 19.4 Å². The molecule has 4 N–H and O–H groups in total. The fourth-order valence-electron chi connectivity index (χ4n) is 1.79. The van der Waals surface area contributed by atoms with Crippen LogP contribution < -0.4 is 16.0 Å². The molecule has 1 rings (SSSR count). The summed E-state index contributed by atoms with van der Waals surface area (Å²) in [5.41, 5.74) is 0. The Morgan fingerprint density at radius 2 is 2.00 bits per heavy atom. The van der Waals surface area contributed by atoms with E-state index in [4.69, 9.17) is 5.11 Å². The highest BCUT2D eigenvalue weighted by Crippen LogP contribution is 2.18. The maximum absolute atomic E-state index is 11.5. The summed E-state index contributed by atoms with van der Waals surface area (Å²) < 4.78 is 0. The minimum Gasteiger partial charge on any atom is -0.481 e. The molecule has 0 radical (unpaired) electrons. The number of carbonyl (C=O) groups is 2. The van der Waals surface area contributed by atoms with Gasteiger partial charge in [-0.15, -0.1) is 0 Å². The molecule has 0 aromatic carbocycles. The van der Waals surface area contributed by atoms with Gasteiger partial charge in [0.15, 0.2) is 0 Å². The van der Waals surface area contributed by atoms with E-state index in [9.17, 15) is 9.59 Å². The van der Waals surface area contributed by atoms with Gasteiger partial charge in [-0.25, -0.2) is 4.79 Å². The van der Waals surface area contributed by atoms with Gasteiger partial charge in [0, 0.05) is 25.6 Å². The predicted molar refractivity (Wildman–Crippen MR) is 73.1 cm³/mol. The molecule has 2 amide bonds. The average Bonchev–Trinajstić information content (AvgIpc) is 3.17. The summed E-state index contributed by atoms with van der Waals surface area (Å²) in [4.78, 5) is 22.1. The van der Waals surface area contributed by atoms with Crippen LogP contribution in [0.1, 0.15) is 39.0 Å². The van der Waals surface area contributed by atoms with Gasteiger partial charge in [0.2, 0.25) is 0 Å². The molecule has 1 atom stereocenters. The topological polar surface area (TPSA) is 90.5 Å². The van der Waals surface area contributed by atoms with Crippen molar-refractivity contribution >= 4 is 12.0 Å². The number of urea groups is 1. The van der Waals surface area contributed by atoms with Crippen molar-refractivity contribution in [3.8, 4) is 0 Å². The van der Waals surface area contributed by atoms with Crippen molar-refractivity contribution in [2.24, 2.45) is 5.92 Å². The van der Waals surface area contributed by atoms with Gasteiger partial charge < -0.3 is 21.1 Å². The molecule has 110 valence electrons. The minimum absolute atomic E-state index is 0.000201. The Hall–Kier alpha value is -1.30. The molecule has 0 aliphatic heterocycles. The van der Waals surface area contributed by atoms with Crippen molar-refractivity contribution in [2.45, 2.75) is 45.1 Å². The van der Waals surface area contributed by atoms with E-state index in [-0.39, 0.29) is 18.4 Å². The van der Waals surface area contributed by atoms with Gasteiger partial charge in [-0.1, -0.05) is 13.3 Å². The Labute approximate surface area is 114 Å². The number of carbonyl (C=O) groups excluding carboxylic acids is 1. The second kappa shape index (κ2) is 8.74. The molecule has 0 aromatic heterocycles. The third-order valence-electron chi connectivity index (χ3n) is 3.24. The van der Waals surface area contributed by atoms with Crippen LogP contribution in [0.25, 0.3) is 0 Å². The van der Waals surface area contributed by atoms with Crippen LogP contribution in [0.15, 0.2) is 0 Å². The van der Waals surface area contributed by atoms with Crippen LogP contribution in [-0.2, 0) is 4.79 Å². The minimum atomic E-state index is -0.819. The van der Waals surface area contributed by atoms with Crippen LogP contribution in [0, 0.1) is 5.92 Å². The Bertz CT molecular complexity index is 293. The smallest absolute Gasteiger partial charge is 0.314 e. The SMILES string of the molecule is CCC(CNC(=O)NCCCNC1CC1)CC(=O)O. The summed E-state index contributed by atoms with van der Waals surface area (Å²) in [6.07, 6.45) is 4.31. The molecule has 1 fully saturated rings. The molecule has 0 bridgehead atoms. The first-order valence-electron chi connectivity index (χ1n) is 7.08. The average molecular weight is 271 g/mol. The Kier molecular flexibility index (Phi) is 7.25. The molecule has 6 heteroatoms. The van der Waals surface area contributed by atoms with E-state index in [1.54, 1.807) is 0 Å². The molecule has 1 aliphatic rings. The molecule has 0 saturated heterocycles. The molecular formula is C13H25N3O3. The van der Waals surface area contributed by atoms with E-state index in [1.807, 2.05) is 6.92 Å². The zero-order valence-electron chi connectivity index (χ0n) is 11.6. The number of nitrogens with one attached hydrogen (secondary N) is 3. The standard InChI is InChI=1S/C13H25N3O3/c1-2-10(8-12(17)18)9-16-13(19)15-7-3-6-14-11-4-5-11/h10-11,14H,2-9H2,1H3,(H,17,18)(H2,15,16,19). The molecule has 1 unspecified atom stereocenters. The van der Waals surface area contributed by atoms with Crippen LogP contribution in [0.2, 0.25) is 0 Å². The van der Waals surface area contributed by atoms with Gasteiger partial charge in [0.1, 0.15) is 0 Å². The van der Waals surface area contributed by atoms with E-state index >= 15 is 0 Å². The van der Waals surface area contributed by atoms with Crippen molar-refractivity contribution in [3.05, 3.63) is 0 Å². The molecule has 0 heterocycles. The molecule has 6 nitrogen and oxygen atoms in total. The largest absolute Gasteiger partial charge is 0.481 e. The second-order valence-electron chi connectivity index (χ2n) is 5.09. The van der Waals surface area contributed by atoms with E-state index in [1.165, 1.54) is 12.8 Å². The Morgan fingerprint density at radius 1 is 1.26 bits per heavy atom. The molecule has 19 heavy (non-hydrogen) atoms. The number of amides is 2. The summed E-state index contributed by atoms with van der Waals surface area (Å²) in [6.45, 7) is 3.91. The van der Waals surface area contributed by atoms with Crippen molar-refractivity contribution in [3.63, 3.8) is 0 Å². The summed E-state index contributed by atoms with van der Waals surface area (Å²) >= 11 is 0. The lowest BCUT2D eigenvalue weighted by Gasteiger charge is -2.14. The van der Waals surface area contributed by atoms with Crippen molar-refractivity contribution < 1.29 is 14.7 Å². The van der Waals surface area contributed by atoms with Gasteiger partial charge in [-0.2, -0.15) is 0 Å². The molecule has 0 aromatic rings. The van der Waals surface area contributed by atoms with E-state index in [2.05, 4.69) is 16.0 Å². The third kappa shape index (κ3) is 8.42. The first-order chi connectivity index (χ1) is 9.11. The van der Waals surface area contributed by atoms with Crippen LogP contribution in [0.4, 0.5) is 4.79 Å². The number of rotatable bonds is 10.